The van der Waals surface area contributed by atoms with Gasteiger partial charge in [-0.05, 0) is 24.3 Å². The summed E-state index contributed by atoms with van der Waals surface area (Å²) in [6.07, 6.45) is 0. The van der Waals surface area contributed by atoms with Crippen molar-refractivity contribution in [3.63, 3.8) is 0 Å². The van der Waals surface area contributed by atoms with Gasteiger partial charge in [-0.25, -0.2) is 8.42 Å². The molecule has 1 amide bonds. The van der Waals surface area contributed by atoms with E-state index in [4.69, 9.17) is 5.11 Å². The van der Waals surface area contributed by atoms with Gasteiger partial charge in [0.05, 0.1) is 16.6 Å². The first-order valence-electron chi connectivity index (χ1n) is 6.11. The van der Waals surface area contributed by atoms with Crippen LogP contribution in [0.15, 0.2) is 29.2 Å². The number of amides is 1. The van der Waals surface area contributed by atoms with E-state index in [9.17, 15) is 18.0 Å². The van der Waals surface area contributed by atoms with Crippen LogP contribution in [0.5, 0.6) is 0 Å². The highest BCUT2D eigenvalue weighted by molar-refractivity contribution is 7.91. The van der Waals surface area contributed by atoms with Gasteiger partial charge >= 0.3 is 5.97 Å². The lowest BCUT2D eigenvalue weighted by atomic mass is 10.1. The summed E-state index contributed by atoms with van der Waals surface area (Å²) in [6, 6.07) is 5.55. The van der Waals surface area contributed by atoms with E-state index in [1.807, 2.05) is 0 Å². The molecule has 0 radical (unpaired) electrons. The van der Waals surface area contributed by atoms with Crippen LogP contribution >= 0.6 is 0 Å². The molecule has 0 heterocycles. The second-order valence-electron chi connectivity index (χ2n) is 4.38. The minimum atomic E-state index is -3.29. The normalized spacial score (nSPS) is 12.7. The maximum Gasteiger partial charge on any atom is 0.308 e. The third kappa shape index (κ3) is 4.06. The van der Waals surface area contributed by atoms with Crippen LogP contribution in [0.4, 0.5) is 0 Å². The molecule has 0 aliphatic heterocycles. The molecule has 6 nitrogen and oxygen atoms in total. The maximum atomic E-state index is 11.7. The molecule has 0 aliphatic carbocycles. The van der Waals surface area contributed by atoms with Gasteiger partial charge in [0.1, 0.15) is 0 Å². The highest BCUT2D eigenvalue weighted by atomic mass is 32.2. The standard InChI is InChI=1S/C13H17NO5S/c1-3-20(18,19)11-6-4-10(5-7-11)12(15)14-8-9(2)13(16)17/h4-7,9H,3,8H2,1-2H3,(H,14,15)(H,16,17). The molecule has 0 aliphatic rings. The van der Waals surface area contributed by atoms with Crippen molar-refractivity contribution < 1.29 is 23.1 Å². The van der Waals surface area contributed by atoms with E-state index in [1.54, 1.807) is 6.92 Å². The second-order valence-corrected chi connectivity index (χ2v) is 6.66. The fourth-order valence-corrected chi connectivity index (χ4v) is 2.30. The minimum absolute atomic E-state index is 0.00529. The summed E-state index contributed by atoms with van der Waals surface area (Å²) in [5.74, 6) is -2.11. The molecule has 110 valence electrons. The number of rotatable bonds is 6. The topological polar surface area (TPSA) is 101 Å². The predicted molar refractivity (Wildman–Crippen MR) is 73.3 cm³/mol. The minimum Gasteiger partial charge on any atom is -0.481 e. The number of carboxylic acids is 1. The number of benzene rings is 1. The van der Waals surface area contributed by atoms with Crippen LogP contribution in [-0.4, -0.2) is 37.7 Å². The number of carbonyl (C=O) groups is 2. The first-order chi connectivity index (χ1) is 9.27. The van der Waals surface area contributed by atoms with Crippen LogP contribution in [0.1, 0.15) is 24.2 Å². The summed E-state index contributed by atoms with van der Waals surface area (Å²) in [4.78, 5) is 22.5. The molecule has 1 atom stereocenters. The Morgan fingerprint density at radius 1 is 1.25 bits per heavy atom. The lowest BCUT2D eigenvalue weighted by Gasteiger charge is -2.09. The van der Waals surface area contributed by atoms with Crippen LogP contribution in [0.25, 0.3) is 0 Å². The van der Waals surface area contributed by atoms with Gasteiger partial charge in [0.15, 0.2) is 9.84 Å². The molecule has 0 aromatic heterocycles. The molecule has 1 aromatic carbocycles. The Morgan fingerprint density at radius 3 is 2.25 bits per heavy atom. The van der Waals surface area contributed by atoms with Gasteiger partial charge in [-0.15, -0.1) is 0 Å². The predicted octanol–water partition coefficient (Wildman–Crippen LogP) is 0.931. The smallest absolute Gasteiger partial charge is 0.308 e. The van der Waals surface area contributed by atoms with E-state index in [2.05, 4.69) is 5.32 Å². The summed E-state index contributed by atoms with van der Waals surface area (Å²) in [5, 5.41) is 11.2. The van der Waals surface area contributed by atoms with Crippen LogP contribution < -0.4 is 5.32 Å². The third-order valence-electron chi connectivity index (χ3n) is 2.85. The van der Waals surface area contributed by atoms with E-state index in [0.717, 1.165) is 0 Å². The van der Waals surface area contributed by atoms with Gasteiger partial charge in [0.2, 0.25) is 0 Å². The molecule has 1 rings (SSSR count). The van der Waals surface area contributed by atoms with E-state index < -0.39 is 27.6 Å². The van der Waals surface area contributed by atoms with Gasteiger partial charge in [0.25, 0.3) is 5.91 Å². The zero-order valence-electron chi connectivity index (χ0n) is 11.3. The number of nitrogens with one attached hydrogen (secondary N) is 1. The Hall–Kier alpha value is -1.89. The van der Waals surface area contributed by atoms with Gasteiger partial charge in [-0.1, -0.05) is 13.8 Å². The number of carboxylic acid groups (broad SMARTS) is 1. The van der Waals surface area contributed by atoms with E-state index >= 15 is 0 Å². The molecule has 1 unspecified atom stereocenters. The zero-order chi connectivity index (χ0) is 15.3. The first-order valence-corrected chi connectivity index (χ1v) is 7.77. The molecule has 1 aromatic rings. The van der Waals surface area contributed by atoms with E-state index in [0.29, 0.717) is 0 Å². The summed E-state index contributed by atoms with van der Waals surface area (Å²) < 4.78 is 23.2. The van der Waals surface area contributed by atoms with Crippen LogP contribution in [-0.2, 0) is 14.6 Å². The molecule has 20 heavy (non-hydrogen) atoms. The molecule has 0 spiro atoms. The zero-order valence-corrected chi connectivity index (χ0v) is 12.1. The van der Waals surface area contributed by atoms with Gasteiger partial charge in [-0.3, -0.25) is 9.59 Å². The van der Waals surface area contributed by atoms with Crippen molar-refractivity contribution in [1.29, 1.82) is 0 Å². The van der Waals surface area contributed by atoms with Crippen molar-refractivity contribution in [1.82, 2.24) is 5.32 Å². The van der Waals surface area contributed by atoms with Gasteiger partial charge in [0, 0.05) is 12.1 Å². The van der Waals surface area contributed by atoms with Crippen LogP contribution in [0.3, 0.4) is 0 Å². The van der Waals surface area contributed by atoms with Crippen LogP contribution in [0.2, 0.25) is 0 Å². The number of carbonyl (C=O) groups excluding carboxylic acids is 1. The van der Waals surface area contributed by atoms with E-state index in [-0.39, 0.29) is 22.8 Å². The quantitative estimate of drug-likeness (QED) is 0.814. The molecular weight excluding hydrogens is 282 g/mol. The Kier molecular flexibility index (Phi) is 5.26. The largest absolute Gasteiger partial charge is 0.481 e. The molecule has 0 bridgehead atoms. The van der Waals surface area contributed by atoms with E-state index in [1.165, 1.54) is 31.2 Å². The molecule has 0 saturated carbocycles. The van der Waals surface area contributed by atoms with Gasteiger partial charge < -0.3 is 10.4 Å². The van der Waals surface area contributed by atoms with Crippen molar-refractivity contribution in [2.75, 3.05) is 12.3 Å². The van der Waals surface area contributed by atoms with Crippen molar-refractivity contribution in [3.05, 3.63) is 29.8 Å². The third-order valence-corrected chi connectivity index (χ3v) is 4.60. The average Bonchev–Trinajstić information content (AvgIpc) is 2.44. The maximum absolute atomic E-state index is 11.7. The highest BCUT2D eigenvalue weighted by Crippen LogP contribution is 2.12. The second kappa shape index (κ2) is 6.51. The van der Waals surface area contributed by atoms with Gasteiger partial charge in [-0.2, -0.15) is 0 Å². The Labute approximate surface area is 117 Å². The Morgan fingerprint density at radius 2 is 1.80 bits per heavy atom. The number of hydrogen-bond acceptors (Lipinski definition) is 4. The fourth-order valence-electron chi connectivity index (χ4n) is 1.42. The lowest BCUT2D eigenvalue weighted by molar-refractivity contribution is -0.140. The van der Waals surface area contributed by atoms with Crippen molar-refractivity contribution in [3.8, 4) is 0 Å². The number of hydrogen-bond donors (Lipinski definition) is 2. The molecular formula is C13H17NO5S. The first kappa shape index (κ1) is 16.2. The molecule has 7 heteroatoms. The monoisotopic (exact) mass is 299 g/mol. The summed E-state index contributed by atoms with van der Waals surface area (Å²) in [6.45, 7) is 3.05. The summed E-state index contributed by atoms with van der Waals surface area (Å²) in [5.41, 5.74) is 0.289. The number of aliphatic carboxylic acids is 1. The molecule has 0 fully saturated rings. The Balaban J connectivity index is 2.74. The fraction of sp³-hybridized carbons (Fsp3) is 0.385. The van der Waals surface area contributed by atoms with Crippen molar-refractivity contribution >= 4 is 21.7 Å². The van der Waals surface area contributed by atoms with Crippen LogP contribution in [0, 0.1) is 5.92 Å². The summed E-state index contributed by atoms with van der Waals surface area (Å²) >= 11 is 0. The molecule has 2 N–H and O–H groups in total. The average molecular weight is 299 g/mol. The highest BCUT2D eigenvalue weighted by Gasteiger charge is 2.15. The SMILES string of the molecule is CCS(=O)(=O)c1ccc(C(=O)NCC(C)C(=O)O)cc1. The summed E-state index contributed by atoms with van der Waals surface area (Å²) in [7, 11) is -3.29. The Bertz CT molecular complexity index is 592. The lowest BCUT2D eigenvalue weighted by Crippen LogP contribution is -2.31. The number of sulfone groups is 1. The van der Waals surface area contributed by atoms with Crippen molar-refractivity contribution in [2.45, 2.75) is 18.7 Å². The molecule has 0 saturated heterocycles. The van der Waals surface area contributed by atoms with Crippen molar-refractivity contribution in [2.24, 2.45) is 5.92 Å².